The van der Waals surface area contributed by atoms with Crippen molar-refractivity contribution in [2.75, 3.05) is 19.8 Å². The van der Waals surface area contributed by atoms with E-state index in [-0.39, 0.29) is 25.2 Å². The number of ether oxygens (including phenoxy) is 3. The molecule has 0 amide bonds. The Balaban J connectivity index is 4.27. The van der Waals surface area contributed by atoms with Crippen LogP contribution < -0.4 is 0 Å². The molecule has 0 aromatic carbocycles. The molecule has 5 heteroatoms. The van der Waals surface area contributed by atoms with Crippen LogP contribution in [0.1, 0.15) is 252 Å². The summed E-state index contributed by atoms with van der Waals surface area (Å²) in [4.78, 5) is 25.4. The van der Waals surface area contributed by atoms with Crippen molar-refractivity contribution in [2.24, 2.45) is 0 Å². The van der Waals surface area contributed by atoms with Gasteiger partial charge in [-0.15, -0.1) is 0 Å². The average Bonchev–Trinajstić information content (AvgIpc) is 3.25. The predicted molar refractivity (Wildman–Crippen MR) is 261 cm³/mol. The van der Waals surface area contributed by atoms with Gasteiger partial charge in [0.05, 0.1) is 6.61 Å². The minimum Gasteiger partial charge on any atom is -0.462 e. The Morgan fingerprint density at radius 3 is 1.27 bits per heavy atom. The second kappa shape index (κ2) is 51.0. The van der Waals surface area contributed by atoms with E-state index in [2.05, 4.69) is 81.5 Å². The molecule has 0 heterocycles. The van der Waals surface area contributed by atoms with E-state index >= 15 is 0 Å². The molecule has 0 bridgehead atoms. The number of esters is 2. The van der Waals surface area contributed by atoms with Gasteiger partial charge in [0.15, 0.2) is 6.10 Å². The smallest absolute Gasteiger partial charge is 0.306 e. The van der Waals surface area contributed by atoms with Crippen molar-refractivity contribution >= 4 is 11.9 Å². The molecule has 0 aliphatic heterocycles. The van der Waals surface area contributed by atoms with Crippen LogP contribution in [0.25, 0.3) is 0 Å². The topological polar surface area (TPSA) is 61.8 Å². The van der Waals surface area contributed by atoms with E-state index in [1.54, 1.807) is 0 Å². The molecule has 0 rings (SSSR count). The van der Waals surface area contributed by atoms with Crippen molar-refractivity contribution in [3.8, 4) is 0 Å². The van der Waals surface area contributed by atoms with Gasteiger partial charge < -0.3 is 14.2 Å². The third-order valence-electron chi connectivity index (χ3n) is 11.0. The van der Waals surface area contributed by atoms with Crippen molar-refractivity contribution in [3.05, 3.63) is 60.8 Å². The Kier molecular flexibility index (Phi) is 48.9. The number of carbonyl (C=O) groups excluding carboxylic acids is 2. The standard InChI is InChI=1S/C55H98O5/c1-4-7-10-13-16-19-22-25-27-28-30-31-33-36-39-42-45-48-54(56)59-52-53(51-58-50-47-44-41-38-35-24-21-18-15-12-9-6-3)60-55(57)49-46-43-40-37-34-32-29-26-23-20-17-14-11-8-5-2/h7,10,15-16,18-19,25-27,29,53H,4-6,8-9,11-14,17,20-24,28,30-52H2,1-3H3/b10-7-,18-15-,19-16-,27-25-,29-26-. The summed E-state index contributed by atoms with van der Waals surface area (Å²) < 4.78 is 17.4. The summed E-state index contributed by atoms with van der Waals surface area (Å²) in [5.41, 5.74) is 0. The van der Waals surface area contributed by atoms with E-state index in [0.717, 1.165) is 83.5 Å². The zero-order valence-corrected chi connectivity index (χ0v) is 40.0. The first-order chi connectivity index (χ1) is 29.6. The van der Waals surface area contributed by atoms with Gasteiger partial charge in [0, 0.05) is 19.4 Å². The lowest BCUT2D eigenvalue weighted by atomic mass is 10.1. The fourth-order valence-electron chi connectivity index (χ4n) is 7.15. The Labute approximate surface area is 373 Å². The van der Waals surface area contributed by atoms with Crippen molar-refractivity contribution in [1.82, 2.24) is 0 Å². The van der Waals surface area contributed by atoms with Gasteiger partial charge in [-0.25, -0.2) is 0 Å². The Bertz CT molecular complexity index is 1040. The second-order valence-electron chi connectivity index (χ2n) is 17.0. The van der Waals surface area contributed by atoms with Crippen molar-refractivity contribution in [2.45, 2.75) is 258 Å². The van der Waals surface area contributed by atoms with Gasteiger partial charge >= 0.3 is 11.9 Å². The van der Waals surface area contributed by atoms with Gasteiger partial charge in [-0.05, 0) is 96.3 Å². The molecule has 0 N–H and O–H groups in total. The van der Waals surface area contributed by atoms with Gasteiger partial charge in [0.1, 0.15) is 6.61 Å². The maximum Gasteiger partial charge on any atom is 0.306 e. The van der Waals surface area contributed by atoms with Crippen molar-refractivity contribution in [1.29, 1.82) is 0 Å². The molecule has 60 heavy (non-hydrogen) atoms. The van der Waals surface area contributed by atoms with Gasteiger partial charge in [-0.1, -0.05) is 204 Å². The molecule has 1 atom stereocenters. The van der Waals surface area contributed by atoms with Crippen LogP contribution in [-0.2, 0) is 23.8 Å². The molecule has 1 unspecified atom stereocenters. The maximum atomic E-state index is 12.8. The molecule has 0 aliphatic carbocycles. The van der Waals surface area contributed by atoms with Crippen LogP contribution in [-0.4, -0.2) is 37.9 Å². The van der Waals surface area contributed by atoms with E-state index < -0.39 is 6.10 Å². The third kappa shape index (κ3) is 48.3. The summed E-state index contributed by atoms with van der Waals surface area (Å²) >= 11 is 0. The SMILES string of the molecule is CC/C=C\C/C=C\C/C=C\CCCCCCCCCC(=O)OCC(COCCCCCCCC/C=C\CCCC)OC(=O)CCCCCCC/C=C\CCCCCCCC. The Morgan fingerprint density at radius 2 is 0.767 bits per heavy atom. The first-order valence-corrected chi connectivity index (χ1v) is 25.8. The molecule has 348 valence electrons. The second-order valence-corrected chi connectivity index (χ2v) is 17.0. The van der Waals surface area contributed by atoms with Gasteiger partial charge in [-0.2, -0.15) is 0 Å². The van der Waals surface area contributed by atoms with E-state index in [0.29, 0.717) is 19.4 Å². The lowest BCUT2D eigenvalue weighted by Gasteiger charge is -2.18. The van der Waals surface area contributed by atoms with E-state index in [9.17, 15) is 9.59 Å². The maximum absolute atomic E-state index is 12.8. The van der Waals surface area contributed by atoms with Crippen LogP contribution in [0, 0.1) is 0 Å². The Morgan fingerprint density at radius 1 is 0.383 bits per heavy atom. The van der Waals surface area contributed by atoms with E-state index in [1.807, 2.05) is 0 Å². The monoisotopic (exact) mass is 839 g/mol. The van der Waals surface area contributed by atoms with Crippen molar-refractivity contribution < 1.29 is 23.8 Å². The number of hydrogen-bond acceptors (Lipinski definition) is 5. The highest BCUT2D eigenvalue weighted by atomic mass is 16.6. The number of hydrogen-bond donors (Lipinski definition) is 0. The molecular formula is C55H98O5. The molecule has 0 aromatic heterocycles. The normalized spacial score (nSPS) is 12.7. The number of carbonyl (C=O) groups is 2. The summed E-state index contributed by atoms with van der Waals surface area (Å²) in [7, 11) is 0. The van der Waals surface area contributed by atoms with Crippen LogP contribution in [0.4, 0.5) is 0 Å². The summed E-state index contributed by atoms with van der Waals surface area (Å²) in [5.74, 6) is -0.416. The van der Waals surface area contributed by atoms with Crippen LogP contribution in [0.3, 0.4) is 0 Å². The van der Waals surface area contributed by atoms with Crippen LogP contribution >= 0.6 is 0 Å². The van der Waals surface area contributed by atoms with Gasteiger partial charge in [0.25, 0.3) is 0 Å². The van der Waals surface area contributed by atoms with Gasteiger partial charge in [-0.3, -0.25) is 9.59 Å². The summed E-state index contributed by atoms with van der Waals surface area (Å²) in [6.07, 6.45) is 63.6. The summed E-state index contributed by atoms with van der Waals surface area (Å²) in [5, 5.41) is 0. The Hall–Kier alpha value is -2.40. The number of allylic oxidation sites excluding steroid dienone is 10. The molecule has 0 radical (unpaired) electrons. The molecule has 0 saturated heterocycles. The van der Waals surface area contributed by atoms with E-state index in [1.165, 1.54) is 135 Å². The molecule has 0 saturated carbocycles. The number of unbranched alkanes of at least 4 members (excludes halogenated alkanes) is 26. The highest BCUT2D eigenvalue weighted by Gasteiger charge is 2.17. The van der Waals surface area contributed by atoms with Crippen molar-refractivity contribution in [3.63, 3.8) is 0 Å². The lowest BCUT2D eigenvalue weighted by molar-refractivity contribution is -0.163. The van der Waals surface area contributed by atoms with Crippen LogP contribution in [0.15, 0.2) is 60.8 Å². The zero-order chi connectivity index (χ0) is 43.5. The number of rotatable bonds is 47. The highest BCUT2D eigenvalue weighted by Crippen LogP contribution is 2.14. The minimum atomic E-state index is -0.547. The summed E-state index contributed by atoms with van der Waals surface area (Å²) in [6.45, 7) is 7.67. The first kappa shape index (κ1) is 57.6. The molecule has 0 spiro atoms. The first-order valence-electron chi connectivity index (χ1n) is 25.8. The highest BCUT2D eigenvalue weighted by molar-refractivity contribution is 5.70. The zero-order valence-electron chi connectivity index (χ0n) is 40.0. The molecule has 0 aliphatic rings. The van der Waals surface area contributed by atoms with Crippen LogP contribution in [0.5, 0.6) is 0 Å². The largest absolute Gasteiger partial charge is 0.462 e. The van der Waals surface area contributed by atoms with Gasteiger partial charge in [0.2, 0.25) is 0 Å². The average molecular weight is 839 g/mol. The van der Waals surface area contributed by atoms with E-state index in [4.69, 9.17) is 14.2 Å². The quantitative estimate of drug-likeness (QED) is 0.0347. The molecule has 5 nitrogen and oxygen atoms in total. The third-order valence-corrected chi connectivity index (χ3v) is 11.0. The molecule has 0 aromatic rings. The molecule has 0 fully saturated rings. The lowest BCUT2D eigenvalue weighted by Crippen LogP contribution is -2.30. The fraction of sp³-hybridized carbons (Fsp3) is 0.782. The fourth-order valence-corrected chi connectivity index (χ4v) is 7.15. The molecular weight excluding hydrogens is 741 g/mol. The summed E-state index contributed by atoms with van der Waals surface area (Å²) in [6, 6.07) is 0. The van der Waals surface area contributed by atoms with Crippen LogP contribution in [0.2, 0.25) is 0 Å². The minimum absolute atomic E-state index is 0.0743. The predicted octanol–water partition coefficient (Wildman–Crippen LogP) is 17.3.